The van der Waals surface area contributed by atoms with E-state index in [4.69, 9.17) is 16.3 Å². The second-order valence-corrected chi connectivity index (χ2v) is 4.50. The molecule has 1 rings (SSSR count). The monoisotopic (exact) mass is 320 g/mol. The first-order valence-electron chi connectivity index (χ1n) is 5.08. The van der Waals surface area contributed by atoms with Gasteiger partial charge in [-0.2, -0.15) is 0 Å². The number of anilines is 1. The van der Waals surface area contributed by atoms with Crippen molar-refractivity contribution in [1.82, 2.24) is 5.32 Å². The summed E-state index contributed by atoms with van der Waals surface area (Å²) in [6.07, 6.45) is 0. The summed E-state index contributed by atoms with van der Waals surface area (Å²) in [7, 11) is 1.59. The molecule has 0 heterocycles. The summed E-state index contributed by atoms with van der Waals surface area (Å²) in [5.41, 5.74) is 0.791. The molecule has 6 heteroatoms. The Kier molecular flexibility index (Phi) is 6.32. The van der Waals surface area contributed by atoms with Crippen LogP contribution in [-0.2, 0) is 9.53 Å². The average molecular weight is 322 g/mol. The SMILES string of the molecule is COCCNC(=O)CNc1cccc(Cl)c1Br. The molecule has 0 bridgehead atoms. The van der Waals surface area contributed by atoms with Gasteiger partial charge in [-0.15, -0.1) is 0 Å². The number of benzene rings is 1. The van der Waals surface area contributed by atoms with Crippen molar-refractivity contribution in [3.8, 4) is 0 Å². The van der Waals surface area contributed by atoms with Gasteiger partial charge in [-0.1, -0.05) is 17.7 Å². The Bertz CT molecular complexity index is 388. The molecule has 1 aromatic carbocycles. The van der Waals surface area contributed by atoms with Crippen molar-refractivity contribution in [3.05, 3.63) is 27.7 Å². The number of nitrogens with one attached hydrogen (secondary N) is 2. The van der Waals surface area contributed by atoms with E-state index in [2.05, 4.69) is 26.6 Å². The normalized spacial score (nSPS) is 10.1. The molecule has 0 fully saturated rings. The van der Waals surface area contributed by atoms with Crippen LogP contribution >= 0.6 is 27.5 Å². The molecule has 94 valence electrons. The summed E-state index contributed by atoms with van der Waals surface area (Å²) in [6.45, 7) is 1.21. The Morgan fingerprint density at radius 2 is 2.29 bits per heavy atom. The standard InChI is InChI=1S/C11H14BrClN2O2/c1-17-6-5-14-10(16)7-15-9-4-2-3-8(13)11(9)12/h2-4,15H,5-7H2,1H3,(H,14,16). The van der Waals surface area contributed by atoms with E-state index >= 15 is 0 Å². The topological polar surface area (TPSA) is 50.4 Å². The molecule has 4 nitrogen and oxygen atoms in total. The van der Waals surface area contributed by atoms with Gasteiger partial charge in [0, 0.05) is 13.7 Å². The first-order chi connectivity index (χ1) is 8.15. The lowest BCUT2D eigenvalue weighted by Gasteiger charge is -2.09. The van der Waals surface area contributed by atoms with Gasteiger partial charge < -0.3 is 15.4 Å². The Hall–Kier alpha value is -0.780. The van der Waals surface area contributed by atoms with Crippen LogP contribution in [0.2, 0.25) is 5.02 Å². The molecule has 0 aliphatic heterocycles. The molecule has 2 N–H and O–H groups in total. The van der Waals surface area contributed by atoms with Crippen LogP contribution in [0.4, 0.5) is 5.69 Å². The van der Waals surface area contributed by atoms with Crippen molar-refractivity contribution in [2.24, 2.45) is 0 Å². The fraction of sp³-hybridized carbons (Fsp3) is 0.364. The van der Waals surface area contributed by atoms with E-state index in [0.29, 0.717) is 18.2 Å². The molecule has 0 aliphatic rings. The zero-order valence-electron chi connectivity index (χ0n) is 9.43. The number of methoxy groups -OCH3 is 1. The van der Waals surface area contributed by atoms with Gasteiger partial charge in [0.15, 0.2) is 0 Å². The fourth-order valence-corrected chi connectivity index (χ4v) is 1.75. The second kappa shape index (κ2) is 7.53. The predicted molar refractivity (Wildman–Crippen MR) is 72.5 cm³/mol. The van der Waals surface area contributed by atoms with Gasteiger partial charge >= 0.3 is 0 Å². The third kappa shape index (κ3) is 4.93. The van der Waals surface area contributed by atoms with Crippen LogP contribution in [0, 0.1) is 0 Å². The number of hydrogen-bond acceptors (Lipinski definition) is 3. The number of carbonyl (C=O) groups is 1. The predicted octanol–water partition coefficient (Wildman–Crippen LogP) is 2.28. The Morgan fingerprint density at radius 3 is 3.00 bits per heavy atom. The number of hydrogen-bond donors (Lipinski definition) is 2. The van der Waals surface area contributed by atoms with Crippen molar-refractivity contribution in [1.29, 1.82) is 0 Å². The quantitative estimate of drug-likeness (QED) is 0.790. The molecule has 1 amide bonds. The van der Waals surface area contributed by atoms with E-state index in [1.807, 2.05) is 12.1 Å². The third-order valence-electron chi connectivity index (χ3n) is 2.02. The van der Waals surface area contributed by atoms with Crippen LogP contribution in [0.1, 0.15) is 0 Å². The van der Waals surface area contributed by atoms with E-state index < -0.39 is 0 Å². The highest BCUT2D eigenvalue weighted by molar-refractivity contribution is 9.10. The zero-order valence-corrected chi connectivity index (χ0v) is 11.8. The molecular weight excluding hydrogens is 307 g/mol. The average Bonchev–Trinajstić information content (AvgIpc) is 2.31. The Labute approximate surface area is 114 Å². The summed E-state index contributed by atoms with van der Waals surface area (Å²) in [6, 6.07) is 5.44. The number of ether oxygens (including phenoxy) is 1. The minimum atomic E-state index is -0.0890. The van der Waals surface area contributed by atoms with Crippen LogP contribution in [0.3, 0.4) is 0 Å². The number of amides is 1. The molecule has 17 heavy (non-hydrogen) atoms. The van der Waals surface area contributed by atoms with Crippen molar-refractivity contribution in [2.75, 3.05) is 32.1 Å². The molecule has 0 unspecified atom stereocenters. The van der Waals surface area contributed by atoms with Gasteiger partial charge in [0.1, 0.15) is 0 Å². The van der Waals surface area contributed by atoms with Crippen molar-refractivity contribution < 1.29 is 9.53 Å². The number of halogens is 2. The van der Waals surface area contributed by atoms with Crippen molar-refractivity contribution in [3.63, 3.8) is 0 Å². The maximum Gasteiger partial charge on any atom is 0.239 e. The van der Waals surface area contributed by atoms with Gasteiger partial charge in [-0.05, 0) is 28.1 Å². The molecule has 0 radical (unpaired) electrons. The van der Waals surface area contributed by atoms with Crippen LogP contribution in [-0.4, -0.2) is 32.7 Å². The van der Waals surface area contributed by atoms with Crippen LogP contribution in [0.15, 0.2) is 22.7 Å². The maximum absolute atomic E-state index is 11.4. The van der Waals surface area contributed by atoms with E-state index in [0.717, 1.165) is 10.2 Å². The van der Waals surface area contributed by atoms with E-state index in [9.17, 15) is 4.79 Å². The molecule has 0 spiro atoms. The van der Waals surface area contributed by atoms with E-state index in [1.54, 1.807) is 13.2 Å². The van der Waals surface area contributed by atoms with E-state index in [-0.39, 0.29) is 12.5 Å². The zero-order chi connectivity index (χ0) is 12.7. The number of carbonyl (C=O) groups excluding carboxylic acids is 1. The van der Waals surface area contributed by atoms with Crippen LogP contribution < -0.4 is 10.6 Å². The summed E-state index contributed by atoms with van der Waals surface area (Å²) >= 11 is 9.28. The maximum atomic E-state index is 11.4. The first-order valence-corrected chi connectivity index (χ1v) is 6.25. The molecule has 0 saturated carbocycles. The molecule has 0 aromatic heterocycles. The van der Waals surface area contributed by atoms with Gasteiger partial charge in [-0.25, -0.2) is 0 Å². The molecule has 1 aromatic rings. The molecule has 0 saturated heterocycles. The van der Waals surface area contributed by atoms with Crippen molar-refractivity contribution in [2.45, 2.75) is 0 Å². The third-order valence-corrected chi connectivity index (χ3v) is 3.42. The summed E-state index contributed by atoms with van der Waals surface area (Å²) in [5.74, 6) is -0.0890. The smallest absolute Gasteiger partial charge is 0.239 e. The minimum absolute atomic E-state index is 0.0890. The lowest BCUT2D eigenvalue weighted by molar-refractivity contribution is -0.119. The number of rotatable bonds is 6. The summed E-state index contributed by atoms with van der Waals surface area (Å²) < 4.78 is 5.59. The first kappa shape index (κ1) is 14.3. The van der Waals surface area contributed by atoms with Crippen LogP contribution in [0.25, 0.3) is 0 Å². The Balaban J connectivity index is 2.39. The largest absolute Gasteiger partial charge is 0.383 e. The molecular formula is C11H14BrClN2O2. The minimum Gasteiger partial charge on any atom is -0.383 e. The highest BCUT2D eigenvalue weighted by Crippen LogP contribution is 2.29. The van der Waals surface area contributed by atoms with Gasteiger partial charge in [-0.3, -0.25) is 4.79 Å². The van der Waals surface area contributed by atoms with Crippen molar-refractivity contribution >= 4 is 39.1 Å². The molecule has 0 aliphatic carbocycles. The lowest BCUT2D eigenvalue weighted by atomic mass is 10.3. The molecule has 0 atom stereocenters. The summed E-state index contributed by atoms with van der Waals surface area (Å²) in [4.78, 5) is 11.4. The van der Waals surface area contributed by atoms with Crippen LogP contribution in [0.5, 0.6) is 0 Å². The second-order valence-electron chi connectivity index (χ2n) is 3.30. The van der Waals surface area contributed by atoms with E-state index in [1.165, 1.54) is 0 Å². The van der Waals surface area contributed by atoms with Gasteiger partial charge in [0.05, 0.1) is 28.3 Å². The highest BCUT2D eigenvalue weighted by atomic mass is 79.9. The fourth-order valence-electron chi connectivity index (χ4n) is 1.17. The van der Waals surface area contributed by atoms with Gasteiger partial charge in [0.2, 0.25) is 5.91 Å². The Morgan fingerprint density at radius 1 is 1.53 bits per heavy atom. The highest BCUT2D eigenvalue weighted by Gasteiger charge is 2.05. The summed E-state index contributed by atoms with van der Waals surface area (Å²) in [5, 5.41) is 6.32. The lowest BCUT2D eigenvalue weighted by Crippen LogP contribution is -2.32. The van der Waals surface area contributed by atoms with Gasteiger partial charge in [0.25, 0.3) is 0 Å².